The van der Waals surface area contributed by atoms with Crippen molar-refractivity contribution < 1.29 is 14.0 Å². The van der Waals surface area contributed by atoms with E-state index in [2.05, 4.69) is 15.5 Å². The van der Waals surface area contributed by atoms with Crippen LogP contribution in [0.5, 0.6) is 0 Å². The van der Waals surface area contributed by atoms with Crippen molar-refractivity contribution >= 4 is 17.6 Å². The highest BCUT2D eigenvalue weighted by atomic mass is 16.3. The number of hydrogen-bond donors (Lipinski definition) is 2. The summed E-state index contributed by atoms with van der Waals surface area (Å²) < 4.78 is 5.45. The summed E-state index contributed by atoms with van der Waals surface area (Å²) in [7, 11) is 0. The fraction of sp³-hybridized carbons (Fsp3) is 0.455. The Balaban J connectivity index is 1.34. The average molecular weight is 396 g/mol. The summed E-state index contributed by atoms with van der Waals surface area (Å²) in [5, 5.41) is 5.90. The predicted octanol–water partition coefficient (Wildman–Crippen LogP) is 2.76. The van der Waals surface area contributed by atoms with Gasteiger partial charge in [0, 0.05) is 37.4 Å². The highest BCUT2D eigenvalue weighted by Gasteiger charge is 2.24. The van der Waals surface area contributed by atoms with E-state index in [1.165, 1.54) is 0 Å². The van der Waals surface area contributed by atoms with Crippen LogP contribution in [0.4, 0.5) is 10.5 Å². The molecule has 2 fully saturated rings. The van der Waals surface area contributed by atoms with Crippen molar-refractivity contribution in [1.82, 2.24) is 15.5 Å². The number of urea groups is 1. The molecule has 2 aliphatic rings. The molecule has 7 nitrogen and oxygen atoms in total. The number of piperidine rings is 1. The Morgan fingerprint density at radius 2 is 2.21 bits per heavy atom. The van der Waals surface area contributed by atoms with Gasteiger partial charge in [0.15, 0.2) is 0 Å². The molecule has 2 aromatic rings. The average Bonchev–Trinajstić information content (AvgIpc) is 3.38. The lowest BCUT2D eigenvalue weighted by atomic mass is 9.97. The van der Waals surface area contributed by atoms with Crippen molar-refractivity contribution in [3.63, 3.8) is 0 Å². The first-order chi connectivity index (χ1) is 14.1. The molecule has 3 amide bonds. The Bertz CT molecular complexity index is 865. The van der Waals surface area contributed by atoms with Crippen molar-refractivity contribution in [2.75, 3.05) is 37.6 Å². The van der Waals surface area contributed by atoms with Crippen LogP contribution in [0.3, 0.4) is 0 Å². The van der Waals surface area contributed by atoms with Crippen LogP contribution in [0, 0.1) is 12.8 Å². The van der Waals surface area contributed by atoms with Crippen molar-refractivity contribution in [3.8, 4) is 0 Å². The van der Waals surface area contributed by atoms with Gasteiger partial charge in [-0.1, -0.05) is 6.07 Å². The monoisotopic (exact) mass is 396 g/mol. The summed E-state index contributed by atoms with van der Waals surface area (Å²) in [6.07, 6.45) is 3.95. The third-order valence-corrected chi connectivity index (χ3v) is 5.73. The highest BCUT2D eigenvalue weighted by molar-refractivity contribution is 5.99. The molecule has 2 aliphatic heterocycles. The summed E-state index contributed by atoms with van der Waals surface area (Å²) in [6, 6.07) is 9.36. The molecule has 0 saturated carbocycles. The van der Waals surface area contributed by atoms with E-state index in [-0.39, 0.29) is 11.9 Å². The number of anilines is 1. The minimum absolute atomic E-state index is 0.0889. The van der Waals surface area contributed by atoms with Crippen molar-refractivity contribution in [2.45, 2.75) is 26.3 Å². The first kappa shape index (κ1) is 19.5. The number of nitrogens with zero attached hydrogens (tertiary/aromatic N) is 2. The largest absolute Gasteiger partial charge is 0.468 e. The lowest BCUT2D eigenvalue weighted by molar-refractivity contribution is 0.0928. The van der Waals surface area contributed by atoms with Gasteiger partial charge in [-0.2, -0.15) is 0 Å². The standard InChI is InChI=1S/C22H28N4O3/c1-16-6-7-18(12-20(16)26-10-8-23-22(26)28)21(27)24-13-17-4-2-9-25(14-17)15-19-5-3-11-29-19/h3,5-7,11-12,17H,2,4,8-10,13-15H2,1H3,(H,23,28)(H,24,27)/t17-/m1/s1. The van der Waals surface area contributed by atoms with E-state index in [9.17, 15) is 9.59 Å². The molecular formula is C22H28N4O3. The number of rotatable bonds is 6. The van der Waals surface area contributed by atoms with Crippen molar-refractivity contribution in [3.05, 3.63) is 53.5 Å². The molecule has 0 unspecified atom stereocenters. The Hall–Kier alpha value is -2.80. The molecule has 154 valence electrons. The summed E-state index contributed by atoms with van der Waals surface area (Å²) in [4.78, 5) is 28.8. The molecule has 0 spiro atoms. The molecule has 2 N–H and O–H groups in total. The maximum absolute atomic E-state index is 12.7. The second-order valence-electron chi connectivity index (χ2n) is 7.92. The molecule has 7 heteroatoms. The number of carbonyl (C=O) groups is 2. The van der Waals surface area contributed by atoms with E-state index in [0.29, 0.717) is 31.1 Å². The van der Waals surface area contributed by atoms with Crippen LogP contribution in [0.25, 0.3) is 0 Å². The van der Waals surface area contributed by atoms with E-state index in [1.54, 1.807) is 11.2 Å². The van der Waals surface area contributed by atoms with E-state index < -0.39 is 0 Å². The zero-order chi connectivity index (χ0) is 20.2. The van der Waals surface area contributed by atoms with Gasteiger partial charge >= 0.3 is 6.03 Å². The highest BCUT2D eigenvalue weighted by Crippen LogP contribution is 2.24. The van der Waals surface area contributed by atoms with Gasteiger partial charge in [0.2, 0.25) is 0 Å². The molecule has 0 bridgehead atoms. The van der Waals surface area contributed by atoms with E-state index in [0.717, 1.165) is 49.5 Å². The van der Waals surface area contributed by atoms with Crippen LogP contribution >= 0.6 is 0 Å². The Kier molecular flexibility index (Phi) is 5.85. The molecule has 0 radical (unpaired) electrons. The van der Waals surface area contributed by atoms with Crippen LogP contribution in [0.15, 0.2) is 41.0 Å². The Labute approximate surface area is 171 Å². The number of likely N-dealkylation sites (tertiary alicyclic amines) is 1. The van der Waals surface area contributed by atoms with Gasteiger partial charge in [-0.25, -0.2) is 4.79 Å². The number of benzene rings is 1. The summed E-state index contributed by atoms with van der Waals surface area (Å²) in [6.45, 7) is 6.69. The lowest BCUT2D eigenvalue weighted by Gasteiger charge is -2.32. The fourth-order valence-electron chi connectivity index (χ4n) is 4.17. The number of aryl methyl sites for hydroxylation is 1. The minimum atomic E-state index is -0.107. The molecule has 1 aromatic carbocycles. The van der Waals surface area contributed by atoms with Gasteiger partial charge in [0.05, 0.1) is 12.8 Å². The molecule has 0 aliphatic carbocycles. The molecule has 2 saturated heterocycles. The summed E-state index contributed by atoms with van der Waals surface area (Å²) in [5.41, 5.74) is 2.38. The topological polar surface area (TPSA) is 77.8 Å². The minimum Gasteiger partial charge on any atom is -0.468 e. The van der Waals surface area contributed by atoms with E-state index in [1.807, 2.05) is 37.3 Å². The molecule has 29 heavy (non-hydrogen) atoms. The van der Waals surface area contributed by atoms with Crippen molar-refractivity contribution in [2.24, 2.45) is 5.92 Å². The molecular weight excluding hydrogens is 368 g/mol. The molecule has 1 atom stereocenters. The number of nitrogens with one attached hydrogen (secondary N) is 2. The second-order valence-corrected chi connectivity index (χ2v) is 7.92. The summed E-state index contributed by atoms with van der Waals surface area (Å²) >= 11 is 0. The van der Waals surface area contributed by atoms with Crippen LogP contribution in [0.1, 0.15) is 34.5 Å². The zero-order valence-corrected chi connectivity index (χ0v) is 16.8. The van der Waals surface area contributed by atoms with Crippen LogP contribution in [-0.2, 0) is 6.54 Å². The second kappa shape index (κ2) is 8.69. The Morgan fingerprint density at radius 1 is 1.31 bits per heavy atom. The number of hydrogen-bond acceptors (Lipinski definition) is 4. The molecule has 3 heterocycles. The zero-order valence-electron chi connectivity index (χ0n) is 16.8. The van der Waals surface area contributed by atoms with Gasteiger partial charge in [-0.3, -0.25) is 14.6 Å². The third kappa shape index (κ3) is 4.62. The van der Waals surface area contributed by atoms with Crippen LogP contribution in [-0.4, -0.2) is 49.6 Å². The van der Waals surface area contributed by atoms with Gasteiger partial charge in [-0.05, 0) is 62.1 Å². The van der Waals surface area contributed by atoms with Gasteiger partial charge in [-0.15, -0.1) is 0 Å². The van der Waals surface area contributed by atoms with E-state index in [4.69, 9.17) is 4.42 Å². The first-order valence-electron chi connectivity index (χ1n) is 10.3. The lowest BCUT2D eigenvalue weighted by Crippen LogP contribution is -2.40. The Morgan fingerprint density at radius 3 is 2.97 bits per heavy atom. The predicted molar refractivity (Wildman–Crippen MR) is 111 cm³/mol. The first-order valence-corrected chi connectivity index (χ1v) is 10.3. The van der Waals surface area contributed by atoms with Gasteiger partial charge < -0.3 is 15.1 Å². The van der Waals surface area contributed by atoms with E-state index >= 15 is 0 Å². The quantitative estimate of drug-likeness (QED) is 0.787. The molecule has 1 aromatic heterocycles. The molecule has 4 rings (SSSR count). The number of amides is 3. The number of carbonyl (C=O) groups excluding carboxylic acids is 2. The van der Waals surface area contributed by atoms with Crippen LogP contribution < -0.4 is 15.5 Å². The van der Waals surface area contributed by atoms with Crippen molar-refractivity contribution in [1.29, 1.82) is 0 Å². The maximum Gasteiger partial charge on any atom is 0.322 e. The third-order valence-electron chi connectivity index (χ3n) is 5.73. The van der Waals surface area contributed by atoms with Gasteiger partial charge in [0.1, 0.15) is 5.76 Å². The van der Waals surface area contributed by atoms with Crippen LogP contribution in [0.2, 0.25) is 0 Å². The number of furan rings is 1. The normalized spacial score (nSPS) is 20.0. The maximum atomic E-state index is 12.7. The SMILES string of the molecule is Cc1ccc(C(=O)NC[C@H]2CCCN(Cc3ccco3)C2)cc1N1CCNC1=O. The van der Waals surface area contributed by atoms with Gasteiger partial charge in [0.25, 0.3) is 5.91 Å². The smallest absolute Gasteiger partial charge is 0.322 e. The summed E-state index contributed by atoms with van der Waals surface area (Å²) in [5.74, 6) is 1.32. The fourth-order valence-corrected chi connectivity index (χ4v) is 4.17.